The molecular formula is C16H20FNOS. The van der Waals surface area contributed by atoms with E-state index in [1.54, 1.807) is 24.5 Å². The van der Waals surface area contributed by atoms with Crippen molar-refractivity contribution < 1.29 is 9.13 Å². The van der Waals surface area contributed by atoms with E-state index in [4.69, 9.17) is 4.74 Å². The molecule has 0 aliphatic rings. The van der Waals surface area contributed by atoms with Gasteiger partial charge in [0.15, 0.2) is 0 Å². The average Bonchev–Trinajstić information content (AvgIpc) is 2.84. The summed E-state index contributed by atoms with van der Waals surface area (Å²) in [5.41, 5.74) is 2.61. The lowest BCUT2D eigenvalue weighted by Crippen LogP contribution is -2.23. The molecule has 1 aromatic carbocycles. The first-order valence-corrected chi connectivity index (χ1v) is 7.57. The summed E-state index contributed by atoms with van der Waals surface area (Å²) in [6.45, 7) is 6.65. The maximum absolute atomic E-state index is 14.4. The topological polar surface area (TPSA) is 21.3 Å². The third-order valence-electron chi connectivity index (χ3n) is 3.32. The van der Waals surface area contributed by atoms with E-state index in [0.29, 0.717) is 5.56 Å². The van der Waals surface area contributed by atoms with Crippen LogP contribution in [0.4, 0.5) is 4.39 Å². The summed E-state index contributed by atoms with van der Waals surface area (Å²) in [5.74, 6) is 0.643. The molecule has 0 aliphatic carbocycles. The molecule has 1 N–H and O–H groups in total. The molecule has 1 aromatic heterocycles. The molecule has 0 saturated heterocycles. The Hall–Kier alpha value is -1.39. The Balaban J connectivity index is 2.54. The van der Waals surface area contributed by atoms with Gasteiger partial charge in [-0.15, -0.1) is 11.3 Å². The lowest BCUT2D eigenvalue weighted by atomic mass is 9.97. The number of hydrogen-bond acceptors (Lipinski definition) is 3. The smallest absolute Gasteiger partial charge is 0.134 e. The minimum absolute atomic E-state index is 0.163. The van der Waals surface area contributed by atoms with Crippen LogP contribution in [0.3, 0.4) is 0 Å². The minimum Gasteiger partial charge on any atom is -0.496 e. The van der Waals surface area contributed by atoms with Crippen molar-refractivity contribution in [1.29, 1.82) is 0 Å². The highest BCUT2D eigenvalue weighted by atomic mass is 32.1. The maximum Gasteiger partial charge on any atom is 0.134 e. The summed E-state index contributed by atoms with van der Waals surface area (Å²) in [5, 5.41) is 5.34. The highest BCUT2D eigenvalue weighted by Crippen LogP contribution is 2.37. The fourth-order valence-corrected chi connectivity index (χ4v) is 3.45. The Morgan fingerprint density at radius 2 is 2.10 bits per heavy atom. The molecule has 1 unspecified atom stereocenters. The summed E-state index contributed by atoms with van der Waals surface area (Å²) >= 11 is 1.58. The van der Waals surface area contributed by atoms with Gasteiger partial charge in [-0.25, -0.2) is 4.39 Å². The van der Waals surface area contributed by atoms with Gasteiger partial charge in [0.1, 0.15) is 11.6 Å². The van der Waals surface area contributed by atoms with Crippen LogP contribution < -0.4 is 10.1 Å². The number of thiophene rings is 1. The quantitative estimate of drug-likeness (QED) is 0.891. The van der Waals surface area contributed by atoms with Gasteiger partial charge in [0.25, 0.3) is 0 Å². The van der Waals surface area contributed by atoms with E-state index < -0.39 is 0 Å². The number of nitrogens with one attached hydrogen (secondary N) is 1. The standard InChI is InChI=1S/C16H20FNOS/c1-5-18-15(16-13(19-4)6-7-20-16)14-11(3)8-10(2)9-12(14)17/h6-9,15,18H,5H2,1-4H3. The zero-order valence-corrected chi connectivity index (χ0v) is 13.1. The van der Waals surface area contributed by atoms with E-state index in [1.807, 2.05) is 38.3 Å². The van der Waals surface area contributed by atoms with Gasteiger partial charge in [-0.1, -0.05) is 13.0 Å². The molecule has 2 rings (SSSR count). The van der Waals surface area contributed by atoms with Crippen molar-refractivity contribution in [2.45, 2.75) is 26.8 Å². The van der Waals surface area contributed by atoms with Crippen molar-refractivity contribution in [3.63, 3.8) is 0 Å². The molecule has 0 aliphatic heterocycles. The van der Waals surface area contributed by atoms with Crippen LogP contribution in [-0.2, 0) is 0 Å². The van der Waals surface area contributed by atoms with Crippen molar-refractivity contribution in [2.24, 2.45) is 0 Å². The molecule has 1 heterocycles. The number of rotatable bonds is 5. The van der Waals surface area contributed by atoms with Crippen LogP contribution in [-0.4, -0.2) is 13.7 Å². The molecule has 0 bridgehead atoms. The summed E-state index contributed by atoms with van der Waals surface area (Å²) in [4.78, 5) is 1.01. The van der Waals surface area contributed by atoms with Crippen LogP contribution >= 0.6 is 11.3 Å². The number of halogens is 1. The number of hydrogen-bond donors (Lipinski definition) is 1. The van der Waals surface area contributed by atoms with Crippen LogP contribution in [0, 0.1) is 19.7 Å². The molecular weight excluding hydrogens is 273 g/mol. The van der Waals surface area contributed by atoms with Crippen molar-refractivity contribution in [2.75, 3.05) is 13.7 Å². The van der Waals surface area contributed by atoms with Gasteiger partial charge >= 0.3 is 0 Å². The predicted molar refractivity (Wildman–Crippen MR) is 82.3 cm³/mol. The van der Waals surface area contributed by atoms with Gasteiger partial charge in [-0.2, -0.15) is 0 Å². The summed E-state index contributed by atoms with van der Waals surface area (Å²) < 4.78 is 19.8. The van der Waals surface area contributed by atoms with Crippen molar-refractivity contribution in [1.82, 2.24) is 5.32 Å². The molecule has 0 spiro atoms. The van der Waals surface area contributed by atoms with Gasteiger partial charge in [-0.3, -0.25) is 0 Å². The second kappa shape index (κ2) is 6.37. The second-order valence-corrected chi connectivity index (χ2v) is 5.77. The molecule has 0 radical (unpaired) electrons. The lowest BCUT2D eigenvalue weighted by Gasteiger charge is -2.21. The zero-order chi connectivity index (χ0) is 14.7. The van der Waals surface area contributed by atoms with Crippen LogP contribution in [0.5, 0.6) is 5.75 Å². The van der Waals surface area contributed by atoms with Crippen LogP contribution in [0.25, 0.3) is 0 Å². The van der Waals surface area contributed by atoms with Crippen LogP contribution in [0.2, 0.25) is 0 Å². The fourth-order valence-electron chi connectivity index (χ4n) is 2.51. The Kier molecular flexibility index (Phi) is 4.78. The van der Waals surface area contributed by atoms with E-state index in [9.17, 15) is 4.39 Å². The minimum atomic E-state index is -0.171. The lowest BCUT2D eigenvalue weighted by molar-refractivity contribution is 0.407. The largest absolute Gasteiger partial charge is 0.496 e. The third kappa shape index (κ3) is 2.86. The Morgan fingerprint density at radius 3 is 2.70 bits per heavy atom. The molecule has 4 heteroatoms. The van der Waals surface area contributed by atoms with E-state index in [2.05, 4.69) is 5.32 Å². The first-order valence-electron chi connectivity index (χ1n) is 6.69. The van der Waals surface area contributed by atoms with Gasteiger partial charge in [0, 0.05) is 5.56 Å². The molecule has 0 fully saturated rings. The Labute approximate surface area is 123 Å². The van der Waals surface area contributed by atoms with E-state index in [1.165, 1.54) is 0 Å². The summed E-state index contributed by atoms with van der Waals surface area (Å²) in [7, 11) is 1.65. The van der Waals surface area contributed by atoms with Crippen LogP contribution in [0.15, 0.2) is 23.6 Å². The van der Waals surface area contributed by atoms with Gasteiger partial charge < -0.3 is 10.1 Å². The maximum atomic E-state index is 14.4. The number of aryl methyl sites for hydroxylation is 2. The summed E-state index contributed by atoms with van der Waals surface area (Å²) in [6, 6.07) is 5.36. The normalized spacial score (nSPS) is 12.4. The van der Waals surface area contributed by atoms with Gasteiger partial charge in [0.2, 0.25) is 0 Å². The van der Waals surface area contributed by atoms with Crippen molar-refractivity contribution in [3.05, 3.63) is 51.0 Å². The predicted octanol–water partition coefficient (Wildman–Crippen LogP) is 4.21. The molecule has 20 heavy (non-hydrogen) atoms. The van der Waals surface area contributed by atoms with Crippen LogP contribution in [0.1, 0.15) is 34.5 Å². The average molecular weight is 293 g/mol. The number of benzene rings is 1. The Bertz CT molecular complexity index is 571. The molecule has 0 amide bonds. The van der Waals surface area contributed by atoms with Crippen molar-refractivity contribution >= 4 is 11.3 Å². The highest BCUT2D eigenvalue weighted by molar-refractivity contribution is 7.10. The van der Waals surface area contributed by atoms with E-state index in [0.717, 1.165) is 28.3 Å². The van der Waals surface area contributed by atoms with Gasteiger partial charge in [0.05, 0.1) is 18.0 Å². The highest BCUT2D eigenvalue weighted by Gasteiger charge is 2.23. The zero-order valence-electron chi connectivity index (χ0n) is 12.3. The van der Waals surface area contributed by atoms with E-state index >= 15 is 0 Å². The molecule has 1 atom stereocenters. The molecule has 2 aromatic rings. The molecule has 2 nitrogen and oxygen atoms in total. The van der Waals surface area contributed by atoms with Crippen molar-refractivity contribution in [3.8, 4) is 5.75 Å². The first kappa shape index (κ1) is 15.0. The SMILES string of the molecule is CCNC(c1sccc1OC)c1c(C)cc(C)cc1F. The third-order valence-corrected chi connectivity index (χ3v) is 4.28. The summed E-state index contributed by atoms with van der Waals surface area (Å²) in [6.07, 6.45) is 0. The van der Waals surface area contributed by atoms with Gasteiger partial charge in [-0.05, 0) is 49.0 Å². The second-order valence-electron chi connectivity index (χ2n) is 4.82. The number of methoxy groups -OCH3 is 1. The number of ether oxygens (including phenoxy) is 1. The molecule has 0 saturated carbocycles. The first-order chi connectivity index (χ1) is 9.58. The fraction of sp³-hybridized carbons (Fsp3) is 0.375. The molecule has 108 valence electrons. The van der Waals surface area contributed by atoms with E-state index in [-0.39, 0.29) is 11.9 Å². The monoisotopic (exact) mass is 293 g/mol. The Morgan fingerprint density at radius 1 is 1.35 bits per heavy atom.